The van der Waals surface area contributed by atoms with Gasteiger partial charge in [-0.1, -0.05) is 19.9 Å². The Hall–Kier alpha value is -1.35. The first-order chi connectivity index (χ1) is 11.3. The number of carbonyl (C=O) groups is 1. The van der Waals surface area contributed by atoms with Crippen LogP contribution in [-0.4, -0.2) is 26.6 Å². The maximum absolute atomic E-state index is 12.5. The Bertz CT molecular complexity index is 769. The zero-order valence-electron chi connectivity index (χ0n) is 13.6. The predicted octanol–water partition coefficient (Wildman–Crippen LogP) is 3.41. The summed E-state index contributed by atoms with van der Waals surface area (Å²) in [5, 5.41) is 4.46. The molecular weight excluding hydrogens is 364 g/mol. The molecule has 1 aromatic carbocycles. The molecule has 1 heterocycles. The summed E-state index contributed by atoms with van der Waals surface area (Å²) in [7, 11) is -3.70. The molecule has 0 radical (unpaired) electrons. The number of thioether (sulfide) groups is 1. The highest BCUT2D eigenvalue weighted by atomic mass is 32.2. The molecule has 5 nitrogen and oxygen atoms in total. The third kappa shape index (κ3) is 4.83. The summed E-state index contributed by atoms with van der Waals surface area (Å²) >= 11 is 2.73. The van der Waals surface area contributed by atoms with Crippen molar-refractivity contribution in [1.29, 1.82) is 0 Å². The largest absolute Gasteiger partial charge is 0.325 e. The number of nitrogens with one attached hydrogen (secondary N) is 2. The lowest BCUT2D eigenvalue weighted by atomic mass is 10.0. The lowest BCUT2D eigenvalue weighted by Gasteiger charge is -2.21. The number of amides is 1. The maximum Gasteiger partial charge on any atom is 0.250 e. The molecule has 2 aromatic rings. The van der Waals surface area contributed by atoms with Crippen LogP contribution in [0.5, 0.6) is 0 Å². The average molecular weight is 385 g/mol. The van der Waals surface area contributed by atoms with Crippen LogP contribution >= 0.6 is 23.1 Å². The van der Waals surface area contributed by atoms with Crippen LogP contribution in [0.4, 0.5) is 5.69 Å². The molecule has 1 amide bonds. The molecule has 0 saturated heterocycles. The van der Waals surface area contributed by atoms with Gasteiger partial charge in [0.15, 0.2) is 0 Å². The van der Waals surface area contributed by atoms with Crippen molar-refractivity contribution in [2.45, 2.75) is 29.0 Å². The molecule has 0 aliphatic rings. The van der Waals surface area contributed by atoms with Gasteiger partial charge >= 0.3 is 0 Å². The SMILES string of the molecule is CSc1ccc(NC(=O)C(NS(=O)(=O)c2cccs2)C(C)C)cc1. The number of rotatable bonds is 7. The Morgan fingerprint density at radius 1 is 1.17 bits per heavy atom. The van der Waals surface area contributed by atoms with Crippen molar-refractivity contribution in [1.82, 2.24) is 4.72 Å². The van der Waals surface area contributed by atoms with Crippen LogP contribution in [0.3, 0.4) is 0 Å². The Kier molecular flexibility index (Phi) is 6.45. The Labute approximate surface area is 150 Å². The van der Waals surface area contributed by atoms with Crippen LogP contribution in [0, 0.1) is 5.92 Å². The first kappa shape index (κ1) is 19.0. The van der Waals surface area contributed by atoms with E-state index in [2.05, 4.69) is 10.0 Å². The molecule has 2 N–H and O–H groups in total. The van der Waals surface area contributed by atoms with Gasteiger partial charge in [0, 0.05) is 10.6 Å². The molecule has 1 aromatic heterocycles. The predicted molar refractivity (Wildman–Crippen MR) is 100 cm³/mol. The van der Waals surface area contributed by atoms with Crippen molar-refractivity contribution in [2.24, 2.45) is 5.92 Å². The van der Waals surface area contributed by atoms with E-state index >= 15 is 0 Å². The molecule has 24 heavy (non-hydrogen) atoms. The van der Waals surface area contributed by atoms with Gasteiger partial charge in [-0.15, -0.1) is 23.1 Å². The smallest absolute Gasteiger partial charge is 0.250 e. The molecule has 2 rings (SSSR count). The van der Waals surface area contributed by atoms with Gasteiger partial charge in [-0.05, 0) is 47.9 Å². The van der Waals surface area contributed by atoms with Crippen LogP contribution in [0.1, 0.15) is 13.8 Å². The summed E-state index contributed by atoms with van der Waals surface area (Å²) in [6.07, 6.45) is 1.97. The monoisotopic (exact) mass is 384 g/mol. The first-order valence-corrected chi connectivity index (χ1v) is 10.9. The van der Waals surface area contributed by atoms with E-state index in [1.165, 1.54) is 6.07 Å². The fourth-order valence-electron chi connectivity index (χ4n) is 2.03. The lowest BCUT2D eigenvalue weighted by molar-refractivity contribution is -0.118. The van der Waals surface area contributed by atoms with Crippen LogP contribution < -0.4 is 10.0 Å². The molecule has 1 unspecified atom stereocenters. The van der Waals surface area contributed by atoms with E-state index in [-0.39, 0.29) is 16.0 Å². The zero-order chi connectivity index (χ0) is 17.7. The molecule has 0 fully saturated rings. The van der Waals surface area contributed by atoms with Crippen molar-refractivity contribution < 1.29 is 13.2 Å². The van der Waals surface area contributed by atoms with Gasteiger partial charge in [-0.25, -0.2) is 8.42 Å². The fraction of sp³-hybridized carbons (Fsp3) is 0.312. The molecule has 8 heteroatoms. The van der Waals surface area contributed by atoms with E-state index in [9.17, 15) is 13.2 Å². The average Bonchev–Trinajstić information content (AvgIpc) is 3.08. The van der Waals surface area contributed by atoms with Crippen molar-refractivity contribution in [2.75, 3.05) is 11.6 Å². The summed E-state index contributed by atoms with van der Waals surface area (Å²) in [6, 6.07) is 9.74. The standard InChI is InChI=1S/C16H20N2O3S3/c1-11(2)15(18-24(20,21)14-5-4-10-23-14)16(19)17-12-6-8-13(22-3)9-7-12/h4-11,15,18H,1-3H3,(H,17,19). The minimum Gasteiger partial charge on any atom is -0.325 e. The second-order valence-corrected chi connectivity index (χ2v) is 9.26. The van der Waals surface area contributed by atoms with E-state index in [4.69, 9.17) is 0 Å². The van der Waals surface area contributed by atoms with Crippen LogP contribution in [0.15, 0.2) is 50.9 Å². The molecule has 0 aliphatic heterocycles. The lowest BCUT2D eigenvalue weighted by Crippen LogP contribution is -2.46. The van der Waals surface area contributed by atoms with Crippen molar-refractivity contribution in [3.63, 3.8) is 0 Å². The minimum atomic E-state index is -3.70. The molecule has 130 valence electrons. The van der Waals surface area contributed by atoms with Gasteiger partial charge in [-0.2, -0.15) is 4.72 Å². The quantitative estimate of drug-likeness (QED) is 0.718. The number of hydrogen-bond acceptors (Lipinski definition) is 5. The van der Waals surface area contributed by atoms with Crippen LogP contribution in [-0.2, 0) is 14.8 Å². The highest BCUT2D eigenvalue weighted by Crippen LogP contribution is 2.20. The van der Waals surface area contributed by atoms with Gasteiger partial charge in [0.1, 0.15) is 10.3 Å². The molecule has 1 atom stereocenters. The van der Waals surface area contributed by atoms with Crippen molar-refractivity contribution in [3.8, 4) is 0 Å². The topological polar surface area (TPSA) is 75.3 Å². The number of sulfonamides is 1. The molecule has 0 saturated carbocycles. The molecule has 0 spiro atoms. The van der Waals surface area contributed by atoms with Crippen molar-refractivity contribution >= 4 is 44.7 Å². The summed E-state index contributed by atoms with van der Waals surface area (Å²) in [5.41, 5.74) is 0.638. The molecule has 0 bridgehead atoms. The van der Waals surface area contributed by atoms with Gasteiger partial charge in [0.05, 0.1) is 0 Å². The number of benzene rings is 1. The van der Waals surface area contributed by atoms with E-state index in [1.54, 1.807) is 49.2 Å². The summed E-state index contributed by atoms with van der Waals surface area (Å²) in [4.78, 5) is 13.6. The Balaban J connectivity index is 2.13. The van der Waals surface area contributed by atoms with Crippen molar-refractivity contribution in [3.05, 3.63) is 41.8 Å². The fourth-order valence-corrected chi connectivity index (χ4v) is 4.79. The number of thiophene rings is 1. The van der Waals surface area contributed by atoms with Gasteiger partial charge < -0.3 is 5.32 Å². The van der Waals surface area contributed by atoms with E-state index in [0.717, 1.165) is 16.2 Å². The first-order valence-electron chi connectivity index (χ1n) is 7.34. The normalized spacial score (nSPS) is 13.0. The minimum absolute atomic E-state index is 0.190. The summed E-state index contributed by atoms with van der Waals surface area (Å²) < 4.78 is 27.4. The van der Waals surface area contributed by atoms with E-state index in [0.29, 0.717) is 5.69 Å². The van der Waals surface area contributed by atoms with Gasteiger partial charge in [0.2, 0.25) is 5.91 Å². The molecule has 0 aliphatic carbocycles. The third-order valence-electron chi connectivity index (χ3n) is 3.35. The molecular formula is C16H20N2O3S3. The number of anilines is 1. The number of hydrogen-bond donors (Lipinski definition) is 2. The van der Waals surface area contributed by atoms with Gasteiger partial charge in [0.25, 0.3) is 10.0 Å². The highest BCUT2D eigenvalue weighted by molar-refractivity contribution is 7.98. The zero-order valence-corrected chi connectivity index (χ0v) is 16.1. The van der Waals surface area contributed by atoms with E-state index < -0.39 is 16.1 Å². The van der Waals surface area contributed by atoms with Gasteiger partial charge in [-0.3, -0.25) is 4.79 Å². The maximum atomic E-state index is 12.5. The highest BCUT2D eigenvalue weighted by Gasteiger charge is 2.28. The summed E-state index contributed by atoms with van der Waals surface area (Å²) in [6.45, 7) is 3.61. The van der Waals surface area contributed by atoms with E-state index in [1.807, 2.05) is 18.4 Å². The third-order valence-corrected chi connectivity index (χ3v) is 6.93. The summed E-state index contributed by atoms with van der Waals surface area (Å²) in [5.74, 6) is -0.563. The Morgan fingerprint density at radius 2 is 1.83 bits per heavy atom. The number of carbonyl (C=O) groups excluding carboxylic acids is 1. The second-order valence-electron chi connectivity index (χ2n) is 5.49. The Morgan fingerprint density at radius 3 is 2.33 bits per heavy atom. The van der Waals surface area contributed by atoms with Crippen LogP contribution in [0.2, 0.25) is 0 Å². The van der Waals surface area contributed by atoms with Crippen LogP contribution in [0.25, 0.3) is 0 Å². The second kappa shape index (κ2) is 8.15.